The van der Waals surface area contributed by atoms with Crippen LogP contribution in [0.1, 0.15) is 5.56 Å². The summed E-state index contributed by atoms with van der Waals surface area (Å²) in [4.78, 5) is 0. The number of halogens is 1. The van der Waals surface area contributed by atoms with E-state index in [0.29, 0.717) is 0 Å². The number of rotatable bonds is 3. The van der Waals surface area contributed by atoms with Gasteiger partial charge in [-0.05, 0) is 18.2 Å². The SMILES string of the molecule is COc1ccc(Br)cc1C=CCO. The first-order valence-corrected chi connectivity index (χ1v) is 4.68. The molecule has 0 amide bonds. The highest BCUT2D eigenvalue weighted by molar-refractivity contribution is 9.10. The van der Waals surface area contributed by atoms with Gasteiger partial charge in [0, 0.05) is 10.0 Å². The average Bonchev–Trinajstić information content (AvgIpc) is 2.15. The maximum atomic E-state index is 8.62. The van der Waals surface area contributed by atoms with Crippen molar-refractivity contribution in [2.24, 2.45) is 0 Å². The first-order chi connectivity index (χ1) is 6.27. The molecule has 0 bridgehead atoms. The highest BCUT2D eigenvalue weighted by Crippen LogP contribution is 2.23. The predicted molar refractivity (Wildman–Crippen MR) is 56.8 cm³/mol. The Kier molecular flexibility index (Phi) is 3.99. The normalized spacial score (nSPS) is 10.7. The van der Waals surface area contributed by atoms with E-state index in [9.17, 15) is 0 Å². The fourth-order valence-corrected chi connectivity index (χ4v) is 1.39. The molecule has 0 radical (unpaired) electrons. The van der Waals surface area contributed by atoms with Crippen molar-refractivity contribution in [1.82, 2.24) is 0 Å². The summed E-state index contributed by atoms with van der Waals surface area (Å²) in [6, 6.07) is 5.72. The second-order valence-electron chi connectivity index (χ2n) is 2.47. The van der Waals surface area contributed by atoms with Crippen LogP contribution in [0.5, 0.6) is 5.75 Å². The zero-order valence-electron chi connectivity index (χ0n) is 7.33. The molecule has 2 nitrogen and oxygen atoms in total. The fraction of sp³-hybridized carbons (Fsp3) is 0.200. The Bertz CT molecular complexity index is 308. The van der Waals surface area contributed by atoms with Crippen molar-refractivity contribution >= 4 is 22.0 Å². The van der Waals surface area contributed by atoms with Crippen molar-refractivity contribution in [1.29, 1.82) is 0 Å². The molecule has 0 aliphatic rings. The first-order valence-electron chi connectivity index (χ1n) is 3.89. The average molecular weight is 243 g/mol. The van der Waals surface area contributed by atoms with Crippen molar-refractivity contribution in [3.05, 3.63) is 34.3 Å². The largest absolute Gasteiger partial charge is 0.496 e. The highest BCUT2D eigenvalue weighted by Gasteiger charge is 1.98. The minimum Gasteiger partial charge on any atom is -0.496 e. The van der Waals surface area contributed by atoms with Crippen LogP contribution in [-0.2, 0) is 0 Å². The third kappa shape index (κ3) is 2.86. The Morgan fingerprint density at radius 3 is 2.92 bits per heavy atom. The number of aliphatic hydroxyl groups excluding tert-OH is 1. The first kappa shape index (κ1) is 10.3. The number of benzene rings is 1. The van der Waals surface area contributed by atoms with E-state index in [1.165, 1.54) is 0 Å². The van der Waals surface area contributed by atoms with Gasteiger partial charge in [-0.15, -0.1) is 0 Å². The smallest absolute Gasteiger partial charge is 0.126 e. The van der Waals surface area contributed by atoms with E-state index in [0.717, 1.165) is 15.8 Å². The fourth-order valence-electron chi connectivity index (χ4n) is 1.02. The molecule has 0 spiro atoms. The number of methoxy groups -OCH3 is 1. The zero-order valence-corrected chi connectivity index (χ0v) is 8.91. The minimum atomic E-state index is 0.0374. The summed E-state index contributed by atoms with van der Waals surface area (Å²) in [5, 5.41) is 8.62. The lowest BCUT2D eigenvalue weighted by Crippen LogP contribution is -1.86. The third-order valence-electron chi connectivity index (χ3n) is 1.59. The van der Waals surface area contributed by atoms with Crippen LogP contribution in [-0.4, -0.2) is 18.8 Å². The van der Waals surface area contributed by atoms with Crippen molar-refractivity contribution in [3.63, 3.8) is 0 Å². The lowest BCUT2D eigenvalue weighted by molar-refractivity contribution is 0.343. The molecule has 0 unspecified atom stereocenters. The molecular weight excluding hydrogens is 232 g/mol. The molecule has 0 atom stereocenters. The monoisotopic (exact) mass is 242 g/mol. The number of hydrogen-bond donors (Lipinski definition) is 1. The van der Waals surface area contributed by atoms with Gasteiger partial charge < -0.3 is 9.84 Å². The summed E-state index contributed by atoms with van der Waals surface area (Å²) in [6.07, 6.45) is 3.49. The van der Waals surface area contributed by atoms with E-state index in [1.54, 1.807) is 13.2 Å². The maximum absolute atomic E-state index is 8.62. The lowest BCUT2D eigenvalue weighted by Gasteiger charge is -2.04. The molecule has 0 saturated heterocycles. The second kappa shape index (κ2) is 5.04. The number of aliphatic hydroxyl groups is 1. The van der Waals surface area contributed by atoms with Gasteiger partial charge in [0.15, 0.2) is 0 Å². The second-order valence-corrected chi connectivity index (χ2v) is 3.39. The van der Waals surface area contributed by atoms with Crippen molar-refractivity contribution < 1.29 is 9.84 Å². The van der Waals surface area contributed by atoms with Crippen LogP contribution >= 0.6 is 15.9 Å². The Morgan fingerprint density at radius 2 is 2.31 bits per heavy atom. The van der Waals surface area contributed by atoms with Gasteiger partial charge in [-0.2, -0.15) is 0 Å². The van der Waals surface area contributed by atoms with E-state index < -0.39 is 0 Å². The zero-order chi connectivity index (χ0) is 9.68. The van der Waals surface area contributed by atoms with Gasteiger partial charge in [-0.3, -0.25) is 0 Å². The Balaban J connectivity index is 3.01. The molecule has 3 heteroatoms. The molecule has 0 aliphatic heterocycles. The van der Waals surface area contributed by atoms with Crippen molar-refractivity contribution in [2.45, 2.75) is 0 Å². The maximum Gasteiger partial charge on any atom is 0.126 e. The molecular formula is C10H11BrO2. The Hall–Kier alpha value is -0.800. The van der Waals surface area contributed by atoms with Crippen LogP contribution in [0, 0.1) is 0 Å². The summed E-state index contributed by atoms with van der Waals surface area (Å²) in [6.45, 7) is 0.0374. The third-order valence-corrected chi connectivity index (χ3v) is 2.09. The summed E-state index contributed by atoms with van der Waals surface area (Å²) in [7, 11) is 1.62. The van der Waals surface area contributed by atoms with Crippen molar-refractivity contribution in [2.75, 3.05) is 13.7 Å². The Morgan fingerprint density at radius 1 is 1.54 bits per heavy atom. The van der Waals surface area contributed by atoms with Crippen LogP contribution in [0.25, 0.3) is 6.08 Å². The van der Waals surface area contributed by atoms with Gasteiger partial charge in [0.2, 0.25) is 0 Å². The molecule has 0 aromatic heterocycles. The van der Waals surface area contributed by atoms with Gasteiger partial charge >= 0.3 is 0 Å². The minimum absolute atomic E-state index is 0.0374. The summed E-state index contributed by atoms with van der Waals surface area (Å²) < 4.78 is 6.14. The van der Waals surface area contributed by atoms with Crippen LogP contribution in [0.15, 0.2) is 28.7 Å². The van der Waals surface area contributed by atoms with Crippen LogP contribution in [0.3, 0.4) is 0 Å². The van der Waals surface area contributed by atoms with Crippen LogP contribution in [0.2, 0.25) is 0 Å². The molecule has 1 aromatic rings. The number of hydrogen-bond acceptors (Lipinski definition) is 2. The van der Waals surface area contributed by atoms with Gasteiger partial charge in [-0.25, -0.2) is 0 Å². The van der Waals surface area contributed by atoms with Gasteiger partial charge in [0.1, 0.15) is 5.75 Å². The molecule has 1 N–H and O–H groups in total. The van der Waals surface area contributed by atoms with E-state index in [1.807, 2.05) is 24.3 Å². The van der Waals surface area contributed by atoms with Gasteiger partial charge in [0.05, 0.1) is 13.7 Å². The lowest BCUT2D eigenvalue weighted by atomic mass is 10.2. The standard InChI is InChI=1S/C10H11BrO2/c1-13-10-5-4-9(11)7-8(10)3-2-6-12/h2-5,7,12H,6H2,1H3. The summed E-state index contributed by atoms with van der Waals surface area (Å²) in [5.74, 6) is 0.799. The Labute approximate surface area is 86.0 Å². The molecule has 0 saturated carbocycles. The van der Waals surface area contributed by atoms with Crippen LogP contribution in [0.4, 0.5) is 0 Å². The molecule has 1 rings (SSSR count). The molecule has 70 valence electrons. The summed E-state index contributed by atoms with van der Waals surface area (Å²) >= 11 is 3.37. The topological polar surface area (TPSA) is 29.5 Å². The van der Waals surface area contributed by atoms with Gasteiger partial charge in [0.25, 0.3) is 0 Å². The highest BCUT2D eigenvalue weighted by atomic mass is 79.9. The molecule has 13 heavy (non-hydrogen) atoms. The number of ether oxygens (including phenoxy) is 1. The van der Waals surface area contributed by atoms with Gasteiger partial charge in [-0.1, -0.05) is 28.1 Å². The molecule has 0 heterocycles. The van der Waals surface area contributed by atoms with E-state index in [2.05, 4.69) is 15.9 Å². The van der Waals surface area contributed by atoms with E-state index in [-0.39, 0.29) is 6.61 Å². The van der Waals surface area contributed by atoms with Crippen LogP contribution < -0.4 is 4.74 Å². The van der Waals surface area contributed by atoms with E-state index in [4.69, 9.17) is 9.84 Å². The van der Waals surface area contributed by atoms with E-state index >= 15 is 0 Å². The summed E-state index contributed by atoms with van der Waals surface area (Å²) in [5.41, 5.74) is 0.950. The quantitative estimate of drug-likeness (QED) is 0.883. The molecule has 0 aliphatic carbocycles. The molecule has 1 aromatic carbocycles. The van der Waals surface area contributed by atoms with Crippen molar-refractivity contribution in [3.8, 4) is 5.75 Å². The predicted octanol–water partition coefficient (Wildman–Crippen LogP) is 2.46. The molecule has 0 fully saturated rings.